The first-order chi connectivity index (χ1) is 9.61. The quantitative estimate of drug-likeness (QED) is 0.841. The second kappa shape index (κ2) is 5.05. The maximum atomic E-state index is 12.0. The molecule has 0 radical (unpaired) electrons. The van der Waals surface area contributed by atoms with Gasteiger partial charge in [-0.05, 0) is 37.7 Å². The van der Waals surface area contributed by atoms with E-state index in [1.807, 2.05) is 19.1 Å². The minimum Gasteiger partial charge on any atom is -0.478 e. The van der Waals surface area contributed by atoms with E-state index in [0.717, 1.165) is 25.0 Å². The van der Waals surface area contributed by atoms with Crippen LogP contribution in [-0.2, 0) is 11.2 Å². The van der Waals surface area contributed by atoms with E-state index < -0.39 is 0 Å². The largest absolute Gasteiger partial charge is 0.478 e. The van der Waals surface area contributed by atoms with Gasteiger partial charge in [-0.15, -0.1) is 0 Å². The lowest BCUT2D eigenvalue weighted by atomic mass is 9.76. The number of rotatable bonds is 5. The average molecular weight is 275 g/mol. The van der Waals surface area contributed by atoms with E-state index in [2.05, 4.69) is 10.3 Å². The molecule has 2 aliphatic carbocycles. The zero-order valence-electron chi connectivity index (χ0n) is 11.8. The van der Waals surface area contributed by atoms with Crippen LogP contribution in [0.5, 0.6) is 5.88 Å². The van der Waals surface area contributed by atoms with Crippen molar-refractivity contribution < 1.29 is 9.53 Å². The van der Waals surface area contributed by atoms with Gasteiger partial charge in [0.1, 0.15) is 0 Å². The number of nitrogens with zero attached hydrogens (tertiary/aromatic N) is 1. The summed E-state index contributed by atoms with van der Waals surface area (Å²) in [6.07, 6.45) is 3.49. The fraction of sp³-hybridized carbons (Fsp3) is 0.600. The number of amides is 1. The van der Waals surface area contributed by atoms with Crippen LogP contribution in [0.3, 0.4) is 0 Å². The molecule has 0 bridgehead atoms. The predicted molar refractivity (Wildman–Crippen MR) is 75.3 cm³/mol. The number of pyridine rings is 1. The molecule has 108 valence electrons. The summed E-state index contributed by atoms with van der Waals surface area (Å²) in [6.45, 7) is 2.49. The molecule has 1 amide bonds. The van der Waals surface area contributed by atoms with E-state index in [1.54, 1.807) is 6.07 Å². The van der Waals surface area contributed by atoms with Gasteiger partial charge in [0.15, 0.2) is 0 Å². The van der Waals surface area contributed by atoms with E-state index in [0.29, 0.717) is 36.4 Å². The molecule has 2 aliphatic rings. The molecule has 2 fully saturated rings. The van der Waals surface area contributed by atoms with Crippen LogP contribution in [0.25, 0.3) is 0 Å². The molecule has 5 heteroatoms. The van der Waals surface area contributed by atoms with Crippen LogP contribution in [0.1, 0.15) is 31.9 Å². The van der Waals surface area contributed by atoms with Crippen molar-refractivity contribution in [2.45, 2.75) is 44.7 Å². The molecule has 3 N–H and O–H groups in total. The van der Waals surface area contributed by atoms with Gasteiger partial charge < -0.3 is 15.8 Å². The van der Waals surface area contributed by atoms with Gasteiger partial charge in [0, 0.05) is 18.2 Å². The van der Waals surface area contributed by atoms with E-state index in [4.69, 9.17) is 10.5 Å². The lowest BCUT2D eigenvalue weighted by Crippen LogP contribution is -2.47. The van der Waals surface area contributed by atoms with E-state index in [-0.39, 0.29) is 5.91 Å². The Balaban J connectivity index is 1.48. The molecular formula is C15H21N3O2. The monoisotopic (exact) mass is 275 g/mol. The zero-order valence-corrected chi connectivity index (χ0v) is 11.8. The molecule has 1 heterocycles. The molecule has 2 saturated carbocycles. The SMILES string of the molecule is CCOc1cccc(CC(=O)NC2CC3(C2)CC3N)n1. The minimum absolute atomic E-state index is 0.0280. The van der Waals surface area contributed by atoms with Crippen molar-refractivity contribution in [1.29, 1.82) is 0 Å². The van der Waals surface area contributed by atoms with Crippen LogP contribution in [-0.4, -0.2) is 29.6 Å². The number of nitrogens with two attached hydrogens (primary N) is 1. The minimum atomic E-state index is 0.0280. The number of ether oxygens (including phenoxy) is 1. The third-order valence-electron chi connectivity index (χ3n) is 4.34. The molecule has 20 heavy (non-hydrogen) atoms. The first kappa shape index (κ1) is 13.4. The topological polar surface area (TPSA) is 77.2 Å². The summed E-state index contributed by atoms with van der Waals surface area (Å²) in [5.41, 5.74) is 7.00. The van der Waals surface area contributed by atoms with Crippen molar-refractivity contribution in [3.8, 4) is 5.88 Å². The van der Waals surface area contributed by atoms with Gasteiger partial charge in [-0.3, -0.25) is 4.79 Å². The molecule has 0 aromatic carbocycles. The number of aromatic nitrogens is 1. The Labute approximate surface area is 118 Å². The molecule has 3 rings (SSSR count). The molecule has 1 atom stereocenters. The molecule has 5 nitrogen and oxygen atoms in total. The van der Waals surface area contributed by atoms with Gasteiger partial charge in [0.2, 0.25) is 11.8 Å². The van der Waals surface area contributed by atoms with Crippen LogP contribution < -0.4 is 15.8 Å². The lowest BCUT2D eigenvalue weighted by Gasteiger charge is -2.37. The van der Waals surface area contributed by atoms with Crippen molar-refractivity contribution in [2.75, 3.05) is 6.61 Å². The Morgan fingerprint density at radius 1 is 1.50 bits per heavy atom. The van der Waals surface area contributed by atoms with Crippen molar-refractivity contribution in [1.82, 2.24) is 10.3 Å². The fourth-order valence-corrected chi connectivity index (χ4v) is 3.10. The van der Waals surface area contributed by atoms with Crippen LogP contribution in [0.2, 0.25) is 0 Å². The third kappa shape index (κ3) is 2.63. The highest BCUT2D eigenvalue weighted by Crippen LogP contribution is 2.59. The third-order valence-corrected chi connectivity index (χ3v) is 4.34. The van der Waals surface area contributed by atoms with Gasteiger partial charge in [-0.2, -0.15) is 0 Å². The smallest absolute Gasteiger partial charge is 0.226 e. The normalized spacial score (nSPS) is 30.7. The second-order valence-corrected chi connectivity index (χ2v) is 5.92. The lowest BCUT2D eigenvalue weighted by molar-refractivity contribution is -0.122. The second-order valence-electron chi connectivity index (χ2n) is 5.92. The first-order valence-electron chi connectivity index (χ1n) is 7.25. The van der Waals surface area contributed by atoms with Crippen molar-refractivity contribution in [2.24, 2.45) is 11.1 Å². The molecule has 0 saturated heterocycles. The van der Waals surface area contributed by atoms with Crippen LogP contribution in [0.4, 0.5) is 0 Å². The Morgan fingerprint density at radius 2 is 2.25 bits per heavy atom. The van der Waals surface area contributed by atoms with Crippen molar-refractivity contribution in [3.05, 3.63) is 23.9 Å². The number of nitrogens with one attached hydrogen (secondary N) is 1. The van der Waals surface area contributed by atoms with Crippen LogP contribution in [0, 0.1) is 5.41 Å². The van der Waals surface area contributed by atoms with Gasteiger partial charge in [-0.1, -0.05) is 6.07 Å². The van der Waals surface area contributed by atoms with Crippen LogP contribution >= 0.6 is 0 Å². The molecule has 0 aliphatic heterocycles. The Kier molecular flexibility index (Phi) is 3.38. The van der Waals surface area contributed by atoms with Gasteiger partial charge >= 0.3 is 0 Å². The summed E-state index contributed by atoms with van der Waals surface area (Å²) < 4.78 is 5.33. The number of hydrogen-bond donors (Lipinski definition) is 2. The highest BCUT2D eigenvalue weighted by Gasteiger charge is 2.60. The summed E-state index contributed by atoms with van der Waals surface area (Å²) in [4.78, 5) is 16.3. The standard InChI is InChI=1S/C15H21N3O2/c1-2-20-14-5-3-4-10(18-14)6-13(19)17-11-7-15(8-11)9-12(15)16/h3-5,11-12H,2,6-9,16H2,1H3,(H,17,19). The van der Waals surface area contributed by atoms with Gasteiger partial charge in [-0.25, -0.2) is 4.98 Å². The highest BCUT2D eigenvalue weighted by atomic mass is 16.5. The van der Waals surface area contributed by atoms with E-state index in [9.17, 15) is 4.79 Å². The van der Waals surface area contributed by atoms with Crippen molar-refractivity contribution in [3.63, 3.8) is 0 Å². The Bertz CT molecular complexity index is 512. The summed E-state index contributed by atoms with van der Waals surface area (Å²) >= 11 is 0. The number of hydrogen-bond acceptors (Lipinski definition) is 4. The highest BCUT2D eigenvalue weighted by molar-refractivity contribution is 5.78. The Hall–Kier alpha value is -1.62. The summed E-state index contributed by atoms with van der Waals surface area (Å²) in [7, 11) is 0. The number of carbonyl (C=O) groups is 1. The summed E-state index contributed by atoms with van der Waals surface area (Å²) in [6, 6.07) is 6.17. The molecule has 1 aromatic heterocycles. The van der Waals surface area contributed by atoms with Crippen molar-refractivity contribution >= 4 is 5.91 Å². The summed E-state index contributed by atoms with van der Waals surface area (Å²) in [5, 5.41) is 3.06. The van der Waals surface area contributed by atoms with Crippen LogP contribution in [0.15, 0.2) is 18.2 Å². The predicted octanol–water partition coefficient (Wildman–Crippen LogP) is 1.02. The molecule has 1 aromatic rings. The molecule has 1 spiro atoms. The maximum Gasteiger partial charge on any atom is 0.226 e. The average Bonchev–Trinajstić information content (AvgIpc) is 3.01. The van der Waals surface area contributed by atoms with Gasteiger partial charge in [0.05, 0.1) is 18.7 Å². The summed E-state index contributed by atoms with van der Waals surface area (Å²) in [5.74, 6) is 0.601. The maximum absolute atomic E-state index is 12.0. The zero-order chi connectivity index (χ0) is 14.2. The van der Waals surface area contributed by atoms with E-state index >= 15 is 0 Å². The first-order valence-corrected chi connectivity index (χ1v) is 7.25. The Morgan fingerprint density at radius 3 is 2.90 bits per heavy atom. The van der Waals surface area contributed by atoms with Gasteiger partial charge in [0.25, 0.3) is 0 Å². The molecule has 1 unspecified atom stereocenters. The molecular weight excluding hydrogens is 254 g/mol. The number of carbonyl (C=O) groups excluding carboxylic acids is 1. The van der Waals surface area contributed by atoms with E-state index in [1.165, 1.54) is 0 Å². The fourth-order valence-electron chi connectivity index (χ4n) is 3.10.